The molecule has 0 radical (unpaired) electrons. The van der Waals surface area contributed by atoms with E-state index in [4.69, 9.17) is 27.9 Å². The third kappa shape index (κ3) is 3.62. The summed E-state index contributed by atoms with van der Waals surface area (Å²) in [5.74, 6) is 0.699. The Bertz CT molecular complexity index is 584. The molecule has 0 amide bonds. The molecule has 2 aromatic rings. The number of hydrogen-bond acceptors (Lipinski definition) is 1. The number of alkyl halides is 1. The summed E-state index contributed by atoms with van der Waals surface area (Å²) in [5, 5.41) is 0.0996. The Morgan fingerprint density at radius 1 is 1.16 bits per heavy atom. The van der Waals surface area contributed by atoms with Crippen molar-refractivity contribution in [1.82, 2.24) is 0 Å². The third-order valence-corrected chi connectivity index (χ3v) is 3.32. The first-order chi connectivity index (χ1) is 9.10. The molecule has 1 nitrogen and oxygen atoms in total. The second kappa shape index (κ2) is 6.27. The molecule has 19 heavy (non-hydrogen) atoms. The zero-order valence-corrected chi connectivity index (χ0v) is 11.9. The Morgan fingerprint density at radius 2 is 1.95 bits per heavy atom. The van der Waals surface area contributed by atoms with Crippen LogP contribution < -0.4 is 4.74 Å². The van der Waals surface area contributed by atoms with Gasteiger partial charge in [-0.15, -0.1) is 11.6 Å². The molecule has 0 bridgehead atoms. The lowest BCUT2D eigenvalue weighted by Crippen LogP contribution is -1.98. The number of hydrogen-bond donors (Lipinski definition) is 0. The summed E-state index contributed by atoms with van der Waals surface area (Å²) in [7, 11) is 0. The van der Waals surface area contributed by atoms with Gasteiger partial charge in [0.05, 0.1) is 10.9 Å². The molecule has 2 rings (SSSR count). The van der Waals surface area contributed by atoms with Gasteiger partial charge in [0.1, 0.15) is 18.2 Å². The average Bonchev–Trinajstić information content (AvgIpc) is 2.41. The van der Waals surface area contributed by atoms with Crippen LogP contribution in [0.25, 0.3) is 0 Å². The zero-order chi connectivity index (χ0) is 13.8. The molecule has 0 fully saturated rings. The highest BCUT2D eigenvalue weighted by Gasteiger charge is 2.05. The second-order valence-corrected chi connectivity index (χ2v) is 4.96. The molecular formula is C15H13Cl2FO. The van der Waals surface area contributed by atoms with Crippen LogP contribution in [-0.2, 0) is 12.5 Å². The minimum absolute atomic E-state index is 0.0996. The molecular weight excluding hydrogens is 286 g/mol. The summed E-state index contributed by atoms with van der Waals surface area (Å²) >= 11 is 11.6. The van der Waals surface area contributed by atoms with Crippen molar-refractivity contribution >= 4 is 23.2 Å². The molecule has 4 heteroatoms. The molecule has 0 aliphatic heterocycles. The van der Waals surface area contributed by atoms with Crippen LogP contribution >= 0.6 is 23.2 Å². The number of halogens is 3. The van der Waals surface area contributed by atoms with E-state index in [0.717, 1.165) is 22.4 Å². The van der Waals surface area contributed by atoms with Crippen molar-refractivity contribution in [1.29, 1.82) is 0 Å². The van der Waals surface area contributed by atoms with Gasteiger partial charge in [-0.2, -0.15) is 0 Å². The number of benzene rings is 2. The maximum absolute atomic E-state index is 13.0. The first-order valence-corrected chi connectivity index (χ1v) is 6.73. The lowest BCUT2D eigenvalue weighted by atomic mass is 10.1. The van der Waals surface area contributed by atoms with Crippen LogP contribution in [0, 0.1) is 12.7 Å². The van der Waals surface area contributed by atoms with Gasteiger partial charge in [0, 0.05) is 5.56 Å². The molecule has 0 atom stereocenters. The second-order valence-electron chi connectivity index (χ2n) is 4.28. The highest BCUT2D eigenvalue weighted by Crippen LogP contribution is 2.23. The molecule has 0 heterocycles. The van der Waals surface area contributed by atoms with Gasteiger partial charge in [0.25, 0.3) is 0 Å². The van der Waals surface area contributed by atoms with Crippen LogP contribution in [-0.4, -0.2) is 0 Å². The van der Waals surface area contributed by atoms with Gasteiger partial charge in [0.2, 0.25) is 0 Å². The van der Waals surface area contributed by atoms with Crippen LogP contribution in [0.4, 0.5) is 4.39 Å². The minimum atomic E-state index is -0.429. The molecule has 0 N–H and O–H groups in total. The maximum Gasteiger partial charge on any atom is 0.141 e. The van der Waals surface area contributed by atoms with Crippen LogP contribution in [0.1, 0.15) is 16.7 Å². The smallest absolute Gasteiger partial charge is 0.141 e. The van der Waals surface area contributed by atoms with E-state index in [1.165, 1.54) is 6.07 Å². The molecule has 100 valence electrons. The topological polar surface area (TPSA) is 9.23 Å². The van der Waals surface area contributed by atoms with Gasteiger partial charge in [-0.1, -0.05) is 35.4 Å². The van der Waals surface area contributed by atoms with Gasteiger partial charge in [-0.3, -0.25) is 0 Å². The van der Waals surface area contributed by atoms with Crippen molar-refractivity contribution in [3.05, 3.63) is 63.9 Å². The van der Waals surface area contributed by atoms with Gasteiger partial charge < -0.3 is 4.74 Å². The summed E-state index contributed by atoms with van der Waals surface area (Å²) < 4.78 is 18.7. The van der Waals surface area contributed by atoms with E-state index in [1.54, 1.807) is 12.1 Å². The van der Waals surface area contributed by atoms with Crippen molar-refractivity contribution in [3.8, 4) is 5.75 Å². The third-order valence-electron chi connectivity index (χ3n) is 2.74. The number of rotatable bonds is 4. The summed E-state index contributed by atoms with van der Waals surface area (Å²) in [6.07, 6.45) is 0. The fourth-order valence-electron chi connectivity index (χ4n) is 1.74. The predicted molar refractivity (Wildman–Crippen MR) is 76.5 cm³/mol. The van der Waals surface area contributed by atoms with Gasteiger partial charge in [0.15, 0.2) is 0 Å². The normalized spacial score (nSPS) is 10.5. The Labute approximate surface area is 121 Å². The summed E-state index contributed by atoms with van der Waals surface area (Å²) in [6, 6.07) is 10.4. The van der Waals surface area contributed by atoms with Crippen molar-refractivity contribution in [2.45, 2.75) is 19.4 Å². The molecule has 2 aromatic carbocycles. The first-order valence-electron chi connectivity index (χ1n) is 5.82. The first kappa shape index (κ1) is 14.2. The summed E-state index contributed by atoms with van der Waals surface area (Å²) in [6.45, 7) is 2.33. The van der Waals surface area contributed by atoms with E-state index in [9.17, 15) is 4.39 Å². The molecule has 0 spiro atoms. The summed E-state index contributed by atoms with van der Waals surface area (Å²) in [5.41, 5.74) is 2.88. The molecule has 0 saturated heterocycles. The van der Waals surface area contributed by atoms with Crippen LogP contribution in [0.3, 0.4) is 0 Å². The van der Waals surface area contributed by atoms with E-state index in [1.807, 2.05) is 25.1 Å². The highest BCUT2D eigenvalue weighted by atomic mass is 35.5. The van der Waals surface area contributed by atoms with E-state index < -0.39 is 5.82 Å². The standard InChI is InChI=1S/C15H13Cl2FO/c1-10-2-5-15(12(6-10)8-16)19-9-11-3-4-14(18)13(17)7-11/h2-7H,8-9H2,1H3. The van der Waals surface area contributed by atoms with Crippen molar-refractivity contribution in [2.75, 3.05) is 0 Å². The quantitative estimate of drug-likeness (QED) is 0.713. The van der Waals surface area contributed by atoms with Crippen LogP contribution in [0.2, 0.25) is 5.02 Å². The lowest BCUT2D eigenvalue weighted by molar-refractivity contribution is 0.303. The zero-order valence-electron chi connectivity index (χ0n) is 10.4. The minimum Gasteiger partial charge on any atom is -0.489 e. The van der Waals surface area contributed by atoms with Crippen molar-refractivity contribution < 1.29 is 9.13 Å². The predicted octanol–water partition coefficient (Wildman–Crippen LogP) is 5.11. The fourth-order valence-corrected chi connectivity index (χ4v) is 2.16. The molecule has 0 aromatic heterocycles. The van der Waals surface area contributed by atoms with Crippen LogP contribution in [0.15, 0.2) is 36.4 Å². The SMILES string of the molecule is Cc1ccc(OCc2ccc(F)c(Cl)c2)c(CCl)c1. The van der Waals surface area contributed by atoms with E-state index in [2.05, 4.69) is 0 Å². The Balaban J connectivity index is 2.12. The molecule has 0 aliphatic carbocycles. The maximum atomic E-state index is 13.0. The molecule has 0 saturated carbocycles. The van der Waals surface area contributed by atoms with Crippen molar-refractivity contribution in [3.63, 3.8) is 0 Å². The van der Waals surface area contributed by atoms with Crippen molar-refractivity contribution in [2.24, 2.45) is 0 Å². The van der Waals surface area contributed by atoms with Gasteiger partial charge >= 0.3 is 0 Å². The van der Waals surface area contributed by atoms with E-state index >= 15 is 0 Å². The van der Waals surface area contributed by atoms with E-state index in [-0.39, 0.29) is 5.02 Å². The lowest BCUT2D eigenvalue weighted by Gasteiger charge is -2.11. The van der Waals surface area contributed by atoms with Crippen LogP contribution in [0.5, 0.6) is 5.75 Å². The number of aryl methyl sites for hydroxylation is 1. The summed E-state index contributed by atoms with van der Waals surface area (Å²) in [4.78, 5) is 0. The van der Waals surface area contributed by atoms with Gasteiger partial charge in [-0.25, -0.2) is 4.39 Å². The largest absolute Gasteiger partial charge is 0.489 e. The highest BCUT2D eigenvalue weighted by molar-refractivity contribution is 6.30. The molecule has 0 unspecified atom stereocenters. The number of ether oxygens (including phenoxy) is 1. The molecule has 0 aliphatic rings. The Kier molecular flexibility index (Phi) is 4.67. The monoisotopic (exact) mass is 298 g/mol. The Morgan fingerprint density at radius 3 is 2.63 bits per heavy atom. The average molecular weight is 299 g/mol. The van der Waals surface area contributed by atoms with E-state index in [0.29, 0.717) is 12.5 Å². The Hall–Kier alpha value is -1.25. The fraction of sp³-hybridized carbons (Fsp3) is 0.200. The van der Waals surface area contributed by atoms with Gasteiger partial charge in [-0.05, 0) is 30.7 Å².